The minimum absolute atomic E-state index is 0.0949. The van der Waals surface area contributed by atoms with Crippen molar-refractivity contribution in [3.05, 3.63) is 34.9 Å². The largest absolute Gasteiger partial charge is 0.352 e. The van der Waals surface area contributed by atoms with Gasteiger partial charge in [0.1, 0.15) is 0 Å². The molecule has 0 bridgehead atoms. The molecule has 1 aromatic rings. The molecule has 0 aliphatic heterocycles. The van der Waals surface area contributed by atoms with Crippen LogP contribution in [0, 0.1) is 5.41 Å². The van der Waals surface area contributed by atoms with Crippen molar-refractivity contribution in [1.82, 2.24) is 5.32 Å². The van der Waals surface area contributed by atoms with E-state index in [-0.39, 0.29) is 11.3 Å². The lowest BCUT2D eigenvalue weighted by molar-refractivity contribution is -0.130. The molecular formula is C14H19ClN2O. The van der Waals surface area contributed by atoms with Crippen LogP contribution < -0.4 is 11.1 Å². The summed E-state index contributed by atoms with van der Waals surface area (Å²) in [4.78, 5) is 12.2. The van der Waals surface area contributed by atoms with Crippen molar-refractivity contribution in [1.29, 1.82) is 0 Å². The third-order valence-corrected chi connectivity index (χ3v) is 4.05. The highest BCUT2D eigenvalue weighted by Gasteiger charge is 2.39. The minimum atomic E-state index is -0.327. The van der Waals surface area contributed by atoms with E-state index in [2.05, 4.69) is 5.32 Å². The number of carbonyl (C=O) groups is 1. The molecule has 0 saturated heterocycles. The van der Waals surface area contributed by atoms with E-state index >= 15 is 0 Å². The standard InChI is InChI=1S/C14H19ClN2O/c15-12-5-3-11(4-6-12)9-17-13(18)14(10-16)7-1-2-8-14/h3-6H,1-2,7-10,16H2,(H,17,18). The maximum atomic E-state index is 12.2. The van der Waals surface area contributed by atoms with E-state index in [1.807, 2.05) is 24.3 Å². The normalized spacial score (nSPS) is 17.7. The summed E-state index contributed by atoms with van der Waals surface area (Å²) in [5, 5.41) is 3.70. The average molecular weight is 267 g/mol. The molecule has 2 rings (SSSR count). The van der Waals surface area contributed by atoms with Crippen LogP contribution in [0.4, 0.5) is 0 Å². The SMILES string of the molecule is NCC1(C(=O)NCc2ccc(Cl)cc2)CCCC1. The van der Waals surface area contributed by atoms with Crippen LogP contribution in [0.2, 0.25) is 5.02 Å². The van der Waals surface area contributed by atoms with Gasteiger partial charge in [-0.1, -0.05) is 36.6 Å². The van der Waals surface area contributed by atoms with Crippen molar-refractivity contribution >= 4 is 17.5 Å². The minimum Gasteiger partial charge on any atom is -0.352 e. The predicted octanol–water partition coefficient (Wildman–Crippen LogP) is 2.48. The predicted molar refractivity (Wildman–Crippen MR) is 73.3 cm³/mol. The van der Waals surface area contributed by atoms with E-state index < -0.39 is 0 Å². The smallest absolute Gasteiger partial charge is 0.227 e. The fourth-order valence-corrected chi connectivity index (χ4v) is 2.67. The number of hydrogen-bond donors (Lipinski definition) is 2. The number of nitrogens with one attached hydrogen (secondary N) is 1. The van der Waals surface area contributed by atoms with Crippen molar-refractivity contribution < 1.29 is 4.79 Å². The quantitative estimate of drug-likeness (QED) is 0.880. The van der Waals surface area contributed by atoms with Crippen LogP contribution in [0.5, 0.6) is 0 Å². The van der Waals surface area contributed by atoms with Gasteiger partial charge in [-0.15, -0.1) is 0 Å². The molecule has 1 amide bonds. The van der Waals surface area contributed by atoms with E-state index in [9.17, 15) is 4.79 Å². The second-order valence-corrected chi connectivity index (χ2v) is 5.44. The van der Waals surface area contributed by atoms with Gasteiger partial charge in [-0.3, -0.25) is 4.79 Å². The third-order valence-electron chi connectivity index (χ3n) is 3.80. The van der Waals surface area contributed by atoms with Gasteiger partial charge in [-0.25, -0.2) is 0 Å². The van der Waals surface area contributed by atoms with E-state index in [4.69, 9.17) is 17.3 Å². The molecule has 1 aromatic carbocycles. The Morgan fingerprint density at radius 1 is 1.28 bits per heavy atom. The van der Waals surface area contributed by atoms with Crippen molar-refractivity contribution in [3.63, 3.8) is 0 Å². The zero-order valence-electron chi connectivity index (χ0n) is 10.4. The summed E-state index contributed by atoms with van der Waals surface area (Å²) < 4.78 is 0. The Bertz CT molecular complexity index is 410. The van der Waals surface area contributed by atoms with Crippen molar-refractivity contribution in [2.75, 3.05) is 6.54 Å². The molecule has 0 heterocycles. The van der Waals surface area contributed by atoms with Gasteiger partial charge in [0, 0.05) is 18.1 Å². The Hall–Kier alpha value is -1.06. The highest BCUT2D eigenvalue weighted by atomic mass is 35.5. The lowest BCUT2D eigenvalue weighted by atomic mass is 9.85. The molecule has 1 fully saturated rings. The summed E-state index contributed by atoms with van der Waals surface area (Å²) in [5.41, 5.74) is 6.51. The van der Waals surface area contributed by atoms with E-state index in [0.29, 0.717) is 18.1 Å². The van der Waals surface area contributed by atoms with Gasteiger partial charge in [-0.2, -0.15) is 0 Å². The molecule has 0 atom stereocenters. The Kier molecular flexibility index (Phi) is 4.25. The van der Waals surface area contributed by atoms with Crippen LogP contribution in [0.15, 0.2) is 24.3 Å². The van der Waals surface area contributed by atoms with Crippen molar-refractivity contribution in [3.8, 4) is 0 Å². The van der Waals surface area contributed by atoms with Crippen LogP contribution in [0.1, 0.15) is 31.2 Å². The van der Waals surface area contributed by atoms with E-state index in [1.165, 1.54) is 0 Å². The van der Waals surface area contributed by atoms with Crippen molar-refractivity contribution in [2.45, 2.75) is 32.2 Å². The number of hydrogen-bond acceptors (Lipinski definition) is 2. The number of nitrogens with two attached hydrogens (primary N) is 1. The fraction of sp³-hybridized carbons (Fsp3) is 0.500. The number of benzene rings is 1. The van der Waals surface area contributed by atoms with Gasteiger partial charge < -0.3 is 11.1 Å². The van der Waals surface area contributed by atoms with E-state index in [0.717, 1.165) is 31.2 Å². The molecule has 3 N–H and O–H groups in total. The summed E-state index contributed by atoms with van der Waals surface area (Å²) in [7, 11) is 0. The summed E-state index contributed by atoms with van der Waals surface area (Å²) in [6, 6.07) is 7.51. The Morgan fingerprint density at radius 2 is 1.89 bits per heavy atom. The highest BCUT2D eigenvalue weighted by molar-refractivity contribution is 6.30. The zero-order chi connectivity index (χ0) is 13.0. The van der Waals surface area contributed by atoms with Crippen LogP contribution in [-0.2, 0) is 11.3 Å². The van der Waals surface area contributed by atoms with Crippen LogP contribution in [-0.4, -0.2) is 12.5 Å². The highest BCUT2D eigenvalue weighted by Crippen LogP contribution is 2.37. The molecule has 0 aromatic heterocycles. The molecule has 0 spiro atoms. The van der Waals surface area contributed by atoms with Gasteiger partial charge in [0.15, 0.2) is 0 Å². The molecular weight excluding hydrogens is 248 g/mol. The van der Waals surface area contributed by atoms with Crippen LogP contribution in [0.25, 0.3) is 0 Å². The number of amides is 1. The molecule has 1 aliphatic rings. The first-order chi connectivity index (χ1) is 8.66. The maximum absolute atomic E-state index is 12.2. The van der Waals surface area contributed by atoms with E-state index in [1.54, 1.807) is 0 Å². The lowest BCUT2D eigenvalue weighted by Gasteiger charge is -2.25. The number of carbonyl (C=O) groups excluding carboxylic acids is 1. The van der Waals surface area contributed by atoms with Gasteiger partial charge in [-0.05, 0) is 30.5 Å². The molecule has 0 unspecified atom stereocenters. The second-order valence-electron chi connectivity index (χ2n) is 5.00. The van der Waals surface area contributed by atoms with Crippen LogP contribution >= 0.6 is 11.6 Å². The van der Waals surface area contributed by atoms with Crippen LogP contribution in [0.3, 0.4) is 0 Å². The first-order valence-corrected chi connectivity index (χ1v) is 6.77. The summed E-state index contributed by atoms with van der Waals surface area (Å²) in [6.07, 6.45) is 4.03. The fourth-order valence-electron chi connectivity index (χ4n) is 2.55. The Labute approximate surface area is 113 Å². The van der Waals surface area contributed by atoms with Gasteiger partial charge in [0.2, 0.25) is 5.91 Å². The zero-order valence-corrected chi connectivity index (χ0v) is 11.2. The number of rotatable bonds is 4. The summed E-state index contributed by atoms with van der Waals surface area (Å²) >= 11 is 5.82. The molecule has 4 heteroatoms. The molecule has 1 aliphatic carbocycles. The molecule has 98 valence electrons. The summed E-state index contributed by atoms with van der Waals surface area (Å²) in [5.74, 6) is 0.0949. The topological polar surface area (TPSA) is 55.1 Å². The van der Waals surface area contributed by atoms with Gasteiger partial charge >= 0.3 is 0 Å². The number of halogens is 1. The van der Waals surface area contributed by atoms with Crippen molar-refractivity contribution in [2.24, 2.45) is 11.1 Å². The first-order valence-electron chi connectivity index (χ1n) is 6.39. The monoisotopic (exact) mass is 266 g/mol. The third kappa shape index (κ3) is 2.85. The summed E-state index contributed by atoms with van der Waals surface area (Å²) in [6.45, 7) is 0.983. The molecule has 3 nitrogen and oxygen atoms in total. The van der Waals surface area contributed by atoms with Gasteiger partial charge in [0.25, 0.3) is 0 Å². The Balaban J connectivity index is 1.93. The average Bonchev–Trinajstić information content (AvgIpc) is 2.88. The molecule has 1 saturated carbocycles. The maximum Gasteiger partial charge on any atom is 0.227 e. The molecule has 0 radical (unpaired) electrons. The first kappa shape index (κ1) is 13.4. The van der Waals surface area contributed by atoms with Gasteiger partial charge in [0.05, 0.1) is 5.41 Å². The Morgan fingerprint density at radius 3 is 2.44 bits per heavy atom. The molecule has 18 heavy (non-hydrogen) atoms. The second kappa shape index (κ2) is 5.72. The lowest BCUT2D eigenvalue weighted by Crippen LogP contribution is -2.43.